The minimum atomic E-state index is 0.0586. The zero-order chi connectivity index (χ0) is 12.3. The Kier molecular flexibility index (Phi) is 3.86. The van der Waals surface area contributed by atoms with Crippen LogP contribution in [0.2, 0.25) is 0 Å². The van der Waals surface area contributed by atoms with Gasteiger partial charge in [0.2, 0.25) is 0 Å². The number of methoxy groups -OCH3 is 2. The molecule has 0 spiro atoms. The maximum atomic E-state index is 5.75. The van der Waals surface area contributed by atoms with Crippen molar-refractivity contribution in [1.82, 2.24) is 5.32 Å². The number of hydrogen-bond acceptors (Lipinski definition) is 4. The van der Waals surface area contributed by atoms with Gasteiger partial charge in [-0.2, -0.15) is 0 Å². The molecule has 2 rings (SSSR count). The van der Waals surface area contributed by atoms with Crippen molar-refractivity contribution in [2.24, 2.45) is 0 Å². The van der Waals surface area contributed by atoms with Gasteiger partial charge in [0, 0.05) is 24.7 Å². The Bertz CT molecular complexity index is 386. The molecule has 1 heterocycles. The SMILES string of the molecule is COc1cc(OC)c(C2CNCCO2)cc1C. The van der Waals surface area contributed by atoms with Gasteiger partial charge in [0.25, 0.3) is 0 Å². The van der Waals surface area contributed by atoms with Crippen molar-refractivity contribution < 1.29 is 14.2 Å². The number of aryl methyl sites for hydroxylation is 1. The zero-order valence-corrected chi connectivity index (χ0v) is 10.6. The lowest BCUT2D eigenvalue weighted by Gasteiger charge is -2.26. The fourth-order valence-electron chi connectivity index (χ4n) is 2.11. The monoisotopic (exact) mass is 237 g/mol. The van der Waals surface area contributed by atoms with Crippen molar-refractivity contribution in [3.8, 4) is 11.5 Å². The molecule has 1 unspecified atom stereocenters. The highest BCUT2D eigenvalue weighted by Crippen LogP contribution is 2.34. The number of nitrogens with one attached hydrogen (secondary N) is 1. The minimum Gasteiger partial charge on any atom is -0.496 e. The van der Waals surface area contributed by atoms with E-state index in [4.69, 9.17) is 14.2 Å². The lowest BCUT2D eigenvalue weighted by Crippen LogP contribution is -2.33. The molecule has 0 saturated carbocycles. The lowest BCUT2D eigenvalue weighted by molar-refractivity contribution is 0.0262. The van der Waals surface area contributed by atoms with Crippen molar-refractivity contribution in [3.05, 3.63) is 23.3 Å². The van der Waals surface area contributed by atoms with Gasteiger partial charge < -0.3 is 19.5 Å². The largest absolute Gasteiger partial charge is 0.496 e. The highest BCUT2D eigenvalue weighted by atomic mass is 16.5. The molecule has 1 atom stereocenters. The van der Waals surface area contributed by atoms with Gasteiger partial charge in [-0.1, -0.05) is 0 Å². The molecule has 1 aliphatic rings. The summed E-state index contributed by atoms with van der Waals surface area (Å²) >= 11 is 0. The molecule has 94 valence electrons. The molecular formula is C13H19NO3. The topological polar surface area (TPSA) is 39.7 Å². The molecule has 4 heteroatoms. The van der Waals surface area contributed by atoms with E-state index in [0.29, 0.717) is 0 Å². The molecule has 0 aromatic heterocycles. The maximum absolute atomic E-state index is 5.75. The van der Waals surface area contributed by atoms with Gasteiger partial charge in [-0.3, -0.25) is 0 Å². The van der Waals surface area contributed by atoms with Crippen LogP contribution in [0, 0.1) is 6.92 Å². The highest BCUT2D eigenvalue weighted by Gasteiger charge is 2.21. The van der Waals surface area contributed by atoms with Gasteiger partial charge in [-0.15, -0.1) is 0 Å². The van der Waals surface area contributed by atoms with Gasteiger partial charge >= 0.3 is 0 Å². The number of benzene rings is 1. The summed E-state index contributed by atoms with van der Waals surface area (Å²) in [6, 6.07) is 4.00. The van der Waals surface area contributed by atoms with Gasteiger partial charge in [0.1, 0.15) is 11.5 Å². The Morgan fingerprint density at radius 3 is 2.59 bits per heavy atom. The van der Waals surface area contributed by atoms with Crippen LogP contribution in [0.4, 0.5) is 0 Å². The Morgan fingerprint density at radius 1 is 1.24 bits per heavy atom. The van der Waals surface area contributed by atoms with Crippen molar-refractivity contribution in [1.29, 1.82) is 0 Å². The van der Waals surface area contributed by atoms with Gasteiger partial charge in [-0.05, 0) is 18.6 Å². The van der Waals surface area contributed by atoms with E-state index in [1.807, 2.05) is 13.0 Å². The first kappa shape index (κ1) is 12.2. The summed E-state index contributed by atoms with van der Waals surface area (Å²) in [4.78, 5) is 0. The molecule has 1 aromatic carbocycles. The van der Waals surface area contributed by atoms with E-state index in [9.17, 15) is 0 Å². The number of rotatable bonds is 3. The Balaban J connectivity index is 2.34. The summed E-state index contributed by atoms with van der Waals surface area (Å²) in [5.74, 6) is 1.66. The molecule has 0 bridgehead atoms. The third-order valence-corrected chi connectivity index (χ3v) is 3.02. The van der Waals surface area contributed by atoms with E-state index in [1.54, 1.807) is 14.2 Å². The van der Waals surface area contributed by atoms with Crippen molar-refractivity contribution in [2.75, 3.05) is 33.9 Å². The van der Waals surface area contributed by atoms with E-state index < -0.39 is 0 Å². The van der Waals surface area contributed by atoms with Crippen molar-refractivity contribution in [3.63, 3.8) is 0 Å². The first-order chi connectivity index (χ1) is 8.26. The van der Waals surface area contributed by atoms with Crippen LogP contribution in [-0.2, 0) is 4.74 Å². The summed E-state index contributed by atoms with van der Waals surface area (Å²) in [5, 5.41) is 3.32. The lowest BCUT2D eigenvalue weighted by atomic mass is 10.0. The summed E-state index contributed by atoms with van der Waals surface area (Å²) in [6.07, 6.45) is 0.0586. The van der Waals surface area contributed by atoms with Crippen molar-refractivity contribution >= 4 is 0 Å². The van der Waals surface area contributed by atoms with Crippen LogP contribution in [0.5, 0.6) is 11.5 Å². The molecule has 4 nitrogen and oxygen atoms in total. The highest BCUT2D eigenvalue weighted by molar-refractivity contribution is 5.47. The van der Waals surface area contributed by atoms with E-state index in [-0.39, 0.29) is 6.10 Å². The van der Waals surface area contributed by atoms with Gasteiger partial charge in [-0.25, -0.2) is 0 Å². The summed E-state index contributed by atoms with van der Waals surface area (Å²) in [7, 11) is 3.34. The maximum Gasteiger partial charge on any atom is 0.128 e. The normalized spacial score (nSPS) is 20.1. The van der Waals surface area contributed by atoms with Crippen LogP contribution in [0.25, 0.3) is 0 Å². The summed E-state index contributed by atoms with van der Waals surface area (Å²) < 4.78 is 16.5. The number of morpholine rings is 1. The average molecular weight is 237 g/mol. The second-order valence-corrected chi connectivity index (χ2v) is 4.13. The first-order valence-corrected chi connectivity index (χ1v) is 5.81. The molecule has 0 aliphatic carbocycles. The third-order valence-electron chi connectivity index (χ3n) is 3.02. The van der Waals surface area contributed by atoms with Crippen molar-refractivity contribution in [2.45, 2.75) is 13.0 Å². The van der Waals surface area contributed by atoms with Crippen LogP contribution in [0.1, 0.15) is 17.2 Å². The van der Waals surface area contributed by atoms with E-state index in [0.717, 1.165) is 42.3 Å². The van der Waals surface area contributed by atoms with E-state index in [2.05, 4.69) is 11.4 Å². The average Bonchev–Trinajstić information content (AvgIpc) is 2.39. The minimum absolute atomic E-state index is 0.0586. The number of hydrogen-bond donors (Lipinski definition) is 1. The molecule has 1 aliphatic heterocycles. The smallest absolute Gasteiger partial charge is 0.128 e. The predicted octanol–water partition coefficient (Wildman–Crippen LogP) is 1.67. The molecule has 1 fully saturated rings. The van der Waals surface area contributed by atoms with Gasteiger partial charge in [0.05, 0.1) is 26.9 Å². The molecule has 17 heavy (non-hydrogen) atoms. The van der Waals surface area contributed by atoms with Crippen LogP contribution in [0.3, 0.4) is 0 Å². The molecule has 0 amide bonds. The summed E-state index contributed by atoms with van der Waals surface area (Å²) in [5.41, 5.74) is 2.18. The Hall–Kier alpha value is -1.26. The number of ether oxygens (including phenoxy) is 3. The third kappa shape index (κ3) is 2.53. The molecule has 1 aromatic rings. The van der Waals surface area contributed by atoms with Crippen LogP contribution >= 0.6 is 0 Å². The zero-order valence-electron chi connectivity index (χ0n) is 10.6. The Morgan fingerprint density at radius 2 is 2.00 bits per heavy atom. The van der Waals surface area contributed by atoms with E-state index >= 15 is 0 Å². The summed E-state index contributed by atoms with van der Waals surface area (Å²) in [6.45, 7) is 4.49. The quantitative estimate of drug-likeness (QED) is 0.868. The van der Waals surface area contributed by atoms with Gasteiger partial charge in [0.15, 0.2) is 0 Å². The second-order valence-electron chi connectivity index (χ2n) is 4.13. The first-order valence-electron chi connectivity index (χ1n) is 5.81. The predicted molar refractivity (Wildman–Crippen MR) is 65.8 cm³/mol. The fraction of sp³-hybridized carbons (Fsp3) is 0.538. The van der Waals surface area contributed by atoms with Crippen LogP contribution in [0.15, 0.2) is 12.1 Å². The standard InChI is InChI=1S/C13H19NO3/c1-9-6-10(13-8-14-4-5-17-13)12(16-3)7-11(9)15-2/h6-7,13-14H,4-5,8H2,1-3H3. The Labute approximate surface area is 102 Å². The molecule has 1 N–H and O–H groups in total. The van der Waals surface area contributed by atoms with E-state index in [1.165, 1.54) is 0 Å². The molecule has 1 saturated heterocycles. The second kappa shape index (κ2) is 5.38. The molecule has 0 radical (unpaired) electrons. The molecular weight excluding hydrogens is 218 g/mol. The fourth-order valence-corrected chi connectivity index (χ4v) is 2.11. The van der Waals surface area contributed by atoms with Crippen LogP contribution < -0.4 is 14.8 Å². The van der Waals surface area contributed by atoms with Crippen LogP contribution in [-0.4, -0.2) is 33.9 Å².